The molecule has 1 rings (SSSR count). The molecule has 0 saturated carbocycles. The number of hydrogen-bond donors (Lipinski definition) is 1. The lowest BCUT2D eigenvalue weighted by Gasteiger charge is -2.22. The zero-order valence-corrected chi connectivity index (χ0v) is 11.5. The highest BCUT2D eigenvalue weighted by Gasteiger charge is 2.16. The lowest BCUT2D eigenvalue weighted by molar-refractivity contribution is 0.412. The maximum Gasteiger partial charge on any atom is 0.119 e. The highest BCUT2D eigenvalue weighted by Crippen LogP contribution is 2.31. The Morgan fingerprint density at radius 1 is 1.29 bits per heavy atom. The van der Waals surface area contributed by atoms with Crippen molar-refractivity contribution in [3.8, 4) is 5.75 Å². The molecule has 0 amide bonds. The van der Waals surface area contributed by atoms with Crippen LogP contribution in [0, 0.1) is 5.92 Å². The Balaban J connectivity index is 2.96. The summed E-state index contributed by atoms with van der Waals surface area (Å²) >= 11 is 0. The molecule has 0 bridgehead atoms. The number of nitrogens with two attached hydrogens (primary N) is 1. The molecule has 2 nitrogen and oxygen atoms in total. The molecule has 17 heavy (non-hydrogen) atoms. The second-order valence-electron chi connectivity index (χ2n) is 4.76. The van der Waals surface area contributed by atoms with Crippen LogP contribution in [0.4, 0.5) is 0 Å². The van der Waals surface area contributed by atoms with Crippen LogP contribution in [0.2, 0.25) is 0 Å². The monoisotopic (exact) mass is 235 g/mol. The minimum absolute atomic E-state index is 0.555. The van der Waals surface area contributed by atoms with Crippen LogP contribution in [0.25, 0.3) is 0 Å². The van der Waals surface area contributed by atoms with Crippen LogP contribution in [0.1, 0.15) is 44.2 Å². The molecular formula is C15H25NO. The van der Waals surface area contributed by atoms with Gasteiger partial charge in [-0.2, -0.15) is 0 Å². The molecule has 0 spiro atoms. The molecular weight excluding hydrogens is 210 g/mol. The first-order valence-corrected chi connectivity index (χ1v) is 6.50. The molecule has 0 aliphatic heterocycles. The van der Waals surface area contributed by atoms with Gasteiger partial charge in [0.25, 0.3) is 0 Å². The van der Waals surface area contributed by atoms with Gasteiger partial charge in [-0.05, 0) is 54.5 Å². The third kappa shape index (κ3) is 3.47. The Morgan fingerprint density at radius 2 is 2.00 bits per heavy atom. The molecule has 2 N–H and O–H groups in total. The molecule has 0 aliphatic carbocycles. The van der Waals surface area contributed by atoms with Gasteiger partial charge in [0.1, 0.15) is 5.75 Å². The minimum atomic E-state index is 0.555. The van der Waals surface area contributed by atoms with Gasteiger partial charge in [-0.15, -0.1) is 0 Å². The van der Waals surface area contributed by atoms with Crippen molar-refractivity contribution >= 4 is 0 Å². The second-order valence-corrected chi connectivity index (χ2v) is 4.76. The van der Waals surface area contributed by atoms with Crippen molar-refractivity contribution in [2.24, 2.45) is 11.7 Å². The predicted molar refractivity (Wildman–Crippen MR) is 73.6 cm³/mol. The van der Waals surface area contributed by atoms with E-state index in [0.29, 0.717) is 11.8 Å². The summed E-state index contributed by atoms with van der Waals surface area (Å²) in [4.78, 5) is 0. The van der Waals surface area contributed by atoms with E-state index in [9.17, 15) is 0 Å². The zero-order chi connectivity index (χ0) is 12.8. The minimum Gasteiger partial charge on any atom is -0.497 e. The predicted octanol–water partition coefficient (Wildman–Crippen LogP) is 3.35. The fourth-order valence-electron chi connectivity index (χ4n) is 2.28. The van der Waals surface area contributed by atoms with Crippen LogP contribution >= 0.6 is 0 Å². The van der Waals surface area contributed by atoms with E-state index in [1.165, 1.54) is 11.1 Å². The lowest BCUT2D eigenvalue weighted by Crippen LogP contribution is -2.13. The fraction of sp³-hybridized carbons (Fsp3) is 0.600. The maximum atomic E-state index is 5.64. The second kappa shape index (κ2) is 6.65. The number of methoxy groups -OCH3 is 1. The van der Waals surface area contributed by atoms with E-state index in [1.54, 1.807) is 7.11 Å². The molecule has 0 aliphatic rings. The van der Waals surface area contributed by atoms with Gasteiger partial charge in [0, 0.05) is 0 Å². The van der Waals surface area contributed by atoms with Crippen molar-refractivity contribution in [2.75, 3.05) is 13.7 Å². The van der Waals surface area contributed by atoms with E-state index in [0.717, 1.165) is 25.1 Å². The first-order chi connectivity index (χ1) is 8.13. The SMILES string of the molecule is CCc1cc(OC)ccc1C(C)C(C)CCN. The van der Waals surface area contributed by atoms with Gasteiger partial charge in [0.2, 0.25) is 0 Å². The summed E-state index contributed by atoms with van der Waals surface area (Å²) in [6.45, 7) is 7.53. The normalized spacial score (nSPS) is 14.4. The molecule has 0 heterocycles. The third-order valence-corrected chi connectivity index (χ3v) is 3.70. The summed E-state index contributed by atoms with van der Waals surface area (Å²) in [7, 11) is 1.72. The van der Waals surface area contributed by atoms with Crippen LogP contribution < -0.4 is 10.5 Å². The smallest absolute Gasteiger partial charge is 0.119 e. The lowest BCUT2D eigenvalue weighted by atomic mass is 9.84. The van der Waals surface area contributed by atoms with Crippen LogP contribution in [-0.4, -0.2) is 13.7 Å². The van der Waals surface area contributed by atoms with Crippen LogP contribution in [0.5, 0.6) is 5.75 Å². The van der Waals surface area contributed by atoms with Crippen molar-refractivity contribution in [1.29, 1.82) is 0 Å². The topological polar surface area (TPSA) is 35.2 Å². The molecule has 0 saturated heterocycles. The summed E-state index contributed by atoms with van der Waals surface area (Å²) in [5.41, 5.74) is 8.47. The summed E-state index contributed by atoms with van der Waals surface area (Å²) in [6.07, 6.45) is 2.13. The number of aryl methyl sites for hydroxylation is 1. The van der Waals surface area contributed by atoms with Gasteiger partial charge in [-0.1, -0.05) is 26.8 Å². The van der Waals surface area contributed by atoms with Crippen molar-refractivity contribution < 1.29 is 4.74 Å². The largest absolute Gasteiger partial charge is 0.497 e. The molecule has 0 fully saturated rings. The highest BCUT2D eigenvalue weighted by atomic mass is 16.5. The zero-order valence-electron chi connectivity index (χ0n) is 11.5. The summed E-state index contributed by atoms with van der Waals surface area (Å²) in [5, 5.41) is 0. The molecule has 2 atom stereocenters. The number of benzene rings is 1. The van der Waals surface area contributed by atoms with Gasteiger partial charge in [-0.25, -0.2) is 0 Å². The summed E-state index contributed by atoms with van der Waals surface area (Å²) < 4.78 is 5.28. The van der Waals surface area contributed by atoms with E-state index in [-0.39, 0.29) is 0 Å². The van der Waals surface area contributed by atoms with Crippen molar-refractivity contribution in [1.82, 2.24) is 0 Å². The molecule has 96 valence electrons. The molecule has 2 unspecified atom stereocenters. The van der Waals surface area contributed by atoms with Gasteiger partial charge in [0.05, 0.1) is 7.11 Å². The molecule has 0 aromatic heterocycles. The van der Waals surface area contributed by atoms with Crippen molar-refractivity contribution in [3.05, 3.63) is 29.3 Å². The van der Waals surface area contributed by atoms with E-state index in [1.807, 2.05) is 0 Å². The Labute approximate surface area is 105 Å². The number of rotatable bonds is 6. The Hall–Kier alpha value is -1.02. The van der Waals surface area contributed by atoms with E-state index in [2.05, 4.69) is 39.0 Å². The van der Waals surface area contributed by atoms with Crippen LogP contribution in [0.3, 0.4) is 0 Å². The molecule has 1 aromatic rings. The maximum absolute atomic E-state index is 5.64. The van der Waals surface area contributed by atoms with Gasteiger partial charge in [-0.3, -0.25) is 0 Å². The van der Waals surface area contributed by atoms with E-state index >= 15 is 0 Å². The number of hydrogen-bond acceptors (Lipinski definition) is 2. The van der Waals surface area contributed by atoms with Gasteiger partial charge in [0.15, 0.2) is 0 Å². The first-order valence-electron chi connectivity index (χ1n) is 6.50. The van der Waals surface area contributed by atoms with Crippen LogP contribution in [0.15, 0.2) is 18.2 Å². The average molecular weight is 235 g/mol. The van der Waals surface area contributed by atoms with Gasteiger partial charge < -0.3 is 10.5 Å². The standard InChI is InChI=1S/C15H25NO/c1-5-13-10-14(17-4)6-7-15(13)12(3)11(2)8-9-16/h6-7,10-12H,5,8-9,16H2,1-4H3. The third-order valence-electron chi connectivity index (χ3n) is 3.70. The fourth-order valence-corrected chi connectivity index (χ4v) is 2.28. The van der Waals surface area contributed by atoms with E-state index < -0.39 is 0 Å². The molecule has 0 radical (unpaired) electrons. The van der Waals surface area contributed by atoms with Crippen molar-refractivity contribution in [3.63, 3.8) is 0 Å². The van der Waals surface area contributed by atoms with Crippen molar-refractivity contribution in [2.45, 2.75) is 39.5 Å². The molecule has 2 heteroatoms. The average Bonchev–Trinajstić information content (AvgIpc) is 2.37. The Kier molecular flexibility index (Phi) is 5.49. The number of ether oxygens (including phenoxy) is 1. The summed E-state index contributed by atoms with van der Waals surface area (Å²) in [6, 6.07) is 6.41. The quantitative estimate of drug-likeness (QED) is 0.820. The van der Waals surface area contributed by atoms with E-state index in [4.69, 9.17) is 10.5 Å². The Morgan fingerprint density at radius 3 is 2.53 bits per heavy atom. The first kappa shape index (κ1) is 14.0. The molecule has 1 aromatic carbocycles. The van der Waals surface area contributed by atoms with Gasteiger partial charge >= 0.3 is 0 Å². The highest BCUT2D eigenvalue weighted by molar-refractivity contribution is 5.37. The Bertz CT molecular complexity index is 349. The summed E-state index contributed by atoms with van der Waals surface area (Å²) in [5.74, 6) is 2.13. The van der Waals surface area contributed by atoms with Crippen LogP contribution in [-0.2, 0) is 6.42 Å².